The molecular weight excluding hydrogens is 350 g/mol. The van der Waals surface area contributed by atoms with E-state index in [0.717, 1.165) is 11.0 Å². The Bertz CT molecular complexity index is 1050. The van der Waals surface area contributed by atoms with Crippen molar-refractivity contribution in [1.82, 2.24) is 4.57 Å². The summed E-state index contributed by atoms with van der Waals surface area (Å²) in [4.78, 5) is 34.7. The Balaban J connectivity index is 1.79. The first-order chi connectivity index (χ1) is 12.9. The summed E-state index contributed by atoms with van der Waals surface area (Å²) < 4.78 is 6.12. The van der Waals surface area contributed by atoms with Gasteiger partial charge in [-0.05, 0) is 36.1 Å². The first-order valence-electron chi connectivity index (χ1n) is 8.56. The number of fused-ring (bicyclic) bond motifs is 1. The zero-order valence-electron chi connectivity index (χ0n) is 15.0. The zero-order valence-corrected chi connectivity index (χ0v) is 15.0. The van der Waals surface area contributed by atoms with Gasteiger partial charge in [-0.2, -0.15) is 0 Å². The maximum atomic E-state index is 12.3. The summed E-state index contributed by atoms with van der Waals surface area (Å²) in [5.74, 6) is -0.739. The topological polar surface area (TPSA) is 107 Å². The highest BCUT2D eigenvalue weighted by Crippen LogP contribution is 2.21. The number of nitro groups is 1. The molecule has 0 bridgehead atoms. The molecule has 0 aliphatic heterocycles. The number of aromatic nitrogens is 1. The van der Waals surface area contributed by atoms with Crippen LogP contribution in [-0.4, -0.2) is 15.4 Å². The van der Waals surface area contributed by atoms with Gasteiger partial charge in [-0.3, -0.25) is 19.5 Å². The van der Waals surface area contributed by atoms with E-state index in [9.17, 15) is 19.7 Å². The Hall–Kier alpha value is -3.42. The van der Waals surface area contributed by atoms with Gasteiger partial charge in [-0.15, -0.1) is 0 Å². The molecule has 0 aliphatic carbocycles. The van der Waals surface area contributed by atoms with Gasteiger partial charge in [0.15, 0.2) is 5.58 Å². The highest BCUT2D eigenvalue weighted by molar-refractivity contribution is 5.91. The van der Waals surface area contributed by atoms with Crippen LogP contribution in [0.25, 0.3) is 11.1 Å². The Morgan fingerprint density at radius 2 is 1.96 bits per heavy atom. The molecular formula is C19H19N3O5. The van der Waals surface area contributed by atoms with Gasteiger partial charge < -0.3 is 9.73 Å². The van der Waals surface area contributed by atoms with Crippen LogP contribution in [0.4, 0.5) is 11.4 Å². The van der Waals surface area contributed by atoms with Gasteiger partial charge in [0.05, 0.1) is 10.4 Å². The van der Waals surface area contributed by atoms with E-state index in [1.807, 2.05) is 12.1 Å². The monoisotopic (exact) mass is 369 g/mol. The molecule has 0 spiro atoms. The number of rotatable bonds is 6. The van der Waals surface area contributed by atoms with E-state index in [2.05, 4.69) is 19.2 Å². The van der Waals surface area contributed by atoms with Crippen molar-refractivity contribution < 1.29 is 14.1 Å². The molecule has 1 aromatic heterocycles. The van der Waals surface area contributed by atoms with E-state index in [-0.39, 0.29) is 23.3 Å². The van der Waals surface area contributed by atoms with Crippen molar-refractivity contribution in [2.75, 3.05) is 5.32 Å². The van der Waals surface area contributed by atoms with Crippen molar-refractivity contribution in [3.63, 3.8) is 0 Å². The lowest BCUT2D eigenvalue weighted by Crippen LogP contribution is -2.24. The fourth-order valence-electron chi connectivity index (χ4n) is 2.79. The van der Waals surface area contributed by atoms with E-state index in [0.29, 0.717) is 11.6 Å². The van der Waals surface area contributed by atoms with Crippen LogP contribution in [0.5, 0.6) is 0 Å². The molecule has 2 aromatic carbocycles. The third-order valence-corrected chi connectivity index (χ3v) is 4.54. The number of non-ortho nitro benzene ring substituents is 1. The van der Waals surface area contributed by atoms with E-state index >= 15 is 0 Å². The molecule has 0 aliphatic rings. The van der Waals surface area contributed by atoms with Gasteiger partial charge in [-0.25, -0.2) is 4.79 Å². The standard InChI is InChI=1S/C19H19N3O5/c1-3-12(2)13-4-6-14(7-5-13)20-18(23)11-21-16-10-15(22(25)26)8-9-17(16)27-19(21)24/h4-10,12H,3,11H2,1-2H3,(H,20,23). The van der Waals surface area contributed by atoms with Crippen LogP contribution >= 0.6 is 0 Å². The normalized spacial score (nSPS) is 12.1. The number of amides is 1. The molecule has 3 rings (SSSR count). The molecule has 1 heterocycles. The van der Waals surface area contributed by atoms with Gasteiger partial charge in [0.2, 0.25) is 5.91 Å². The molecule has 0 fully saturated rings. The van der Waals surface area contributed by atoms with Crippen molar-refractivity contribution in [3.05, 3.63) is 68.7 Å². The molecule has 1 atom stereocenters. The van der Waals surface area contributed by atoms with Crippen LogP contribution in [0.15, 0.2) is 51.7 Å². The second-order valence-corrected chi connectivity index (χ2v) is 6.34. The Morgan fingerprint density at radius 3 is 2.59 bits per heavy atom. The predicted octanol–water partition coefficient (Wildman–Crippen LogP) is 3.65. The molecule has 8 heteroatoms. The number of nitrogens with zero attached hydrogens (tertiary/aromatic N) is 2. The van der Waals surface area contributed by atoms with Crippen LogP contribution in [0.2, 0.25) is 0 Å². The number of hydrogen-bond donors (Lipinski definition) is 1. The number of carbonyl (C=O) groups is 1. The summed E-state index contributed by atoms with van der Waals surface area (Å²) in [5, 5.41) is 13.7. The van der Waals surface area contributed by atoms with Crippen molar-refractivity contribution in [2.45, 2.75) is 32.7 Å². The molecule has 140 valence electrons. The van der Waals surface area contributed by atoms with Crippen molar-refractivity contribution >= 4 is 28.4 Å². The number of carbonyl (C=O) groups excluding carboxylic acids is 1. The minimum atomic E-state index is -0.743. The summed E-state index contributed by atoms with van der Waals surface area (Å²) >= 11 is 0. The van der Waals surface area contributed by atoms with E-state index in [1.165, 1.54) is 23.8 Å². The van der Waals surface area contributed by atoms with Gasteiger partial charge in [0, 0.05) is 17.8 Å². The SMILES string of the molecule is CCC(C)c1ccc(NC(=O)Cn2c(=O)oc3ccc([N+](=O)[O-])cc32)cc1. The largest absolute Gasteiger partial charge is 0.420 e. The lowest BCUT2D eigenvalue weighted by Gasteiger charge is -2.10. The quantitative estimate of drug-likeness (QED) is 0.527. The van der Waals surface area contributed by atoms with Gasteiger partial charge in [0.1, 0.15) is 6.54 Å². The number of oxazole rings is 1. The number of benzene rings is 2. The lowest BCUT2D eigenvalue weighted by molar-refractivity contribution is -0.384. The third kappa shape index (κ3) is 3.89. The molecule has 1 amide bonds. The highest BCUT2D eigenvalue weighted by Gasteiger charge is 2.16. The molecule has 0 saturated heterocycles. The maximum absolute atomic E-state index is 12.3. The van der Waals surface area contributed by atoms with E-state index in [1.54, 1.807) is 12.1 Å². The average molecular weight is 369 g/mol. The minimum Gasteiger partial charge on any atom is -0.408 e. The Labute approximate surface area is 154 Å². The number of nitro benzene ring substituents is 1. The van der Waals surface area contributed by atoms with E-state index in [4.69, 9.17) is 4.42 Å². The summed E-state index contributed by atoms with van der Waals surface area (Å²) in [6.45, 7) is 3.93. The van der Waals surface area contributed by atoms with E-state index < -0.39 is 16.6 Å². The second-order valence-electron chi connectivity index (χ2n) is 6.34. The minimum absolute atomic E-state index is 0.182. The number of anilines is 1. The van der Waals surface area contributed by atoms with Crippen LogP contribution in [0.1, 0.15) is 31.7 Å². The average Bonchev–Trinajstić information content (AvgIpc) is 2.96. The van der Waals surface area contributed by atoms with Gasteiger partial charge in [0.25, 0.3) is 5.69 Å². The first kappa shape index (κ1) is 18.4. The Kier molecular flexibility index (Phi) is 5.07. The Morgan fingerprint density at radius 1 is 1.26 bits per heavy atom. The fourth-order valence-corrected chi connectivity index (χ4v) is 2.79. The summed E-state index contributed by atoms with van der Waals surface area (Å²) in [6.07, 6.45) is 1.02. The van der Waals surface area contributed by atoms with Crippen LogP contribution in [0.3, 0.4) is 0 Å². The molecule has 27 heavy (non-hydrogen) atoms. The summed E-state index contributed by atoms with van der Waals surface area (Å²) in [6, 6.07) is 11.3. The predicted molar refractivity (Wildman–Crippen MR) is 101 cm³/mol. The van der Waals surface area contributed by atoms with Gasteiger partial charge >= 0.3 is 5.76 Å². The molecule has 1 unspecified atom stereocenters. The number of hydrogen-bond acceptors (Lipinski definition) is 5. The maximum Gasteiger partial charge on any atom is 0.420 e. The molecule has 3 aromatic rings. The lowest BCUT2D eigenvalue weighted by atomic mass is 9.99. The van der Waals surface area contributed by atoms with Crippen molar-refractivity contribution in [3.8, 4) is 0 Å². The summed E-state index contributed by atoms with van der Waals surface area (Å²) in [5.41, 5.74) is 2.00. The van der Waals surface area contributed by atoms with Gasteiger partial charge in [-0.1, -0.05) is 26.0 Å². The molecule has 8 nitrogen and oxygen atoms in total. The van der Waals surface area contributed by atoms with Crippen molar-refractivity contribution in [2.24, 2.45) is 0 Å². The molecule has 0 saturated carbocycles. The zero-order chi connectivity index (χ0) is 19.6. The fraction of sp³-hybridized carbons (Fsp3) is 0.263. The summed E-state index contributed by atoms with van der Waals surface area (Å²) in [7, 11) is 0. The molecule has 0 radical (unpaired) electrons. The third-order valence-electron chi connectivity index (χ3n) is 4.54. The number of nitrogens with one attached hydrogen (secondary N) is 1. The van der Waals surface area contributed by atoms with Crippen LogP contribution in [0, 0.1) is 10.1 Å². The first-order valence-corrected chi connectivity index (χ1v) is 8.56. The second kappa shape index (κ2) is 7.45. The smallest absolute Gasteiger partial charge is 0.408 e. The highest BCUT2D eigenvalue weighted by atomic mass is 16.6. The van der Waals surface area contributed by atoms with Crippen LogP contribution < -0.4 is 11.1 Å². The van der Waals surface area contributed by atoms with Crippen LogP contribution in [-0.2, 0) is 11.3 Å². The molecule has 1 N–H and O–H groups in total. The van der Waals surface area contributed by atoms with Crippen molar-refractivity contribution in [1.29, 1.82) is 0 Å².